The summed E-state index contributed by atoms with van der Waals surface area (Å²) >= 11 is 0. The predicted molar refractivity (Wildman–Crippen MR) is 148 cm³/mol. The molecule has 0 bridgehead atoms. The van der Waals surface area contributed by atoms with Crippen molar-refractivity contribution in [1.82, 2.24) is 15.6 Å². The maximum absolute atomic E-state index is 13.3. The van der Waals surface area contributed by atoms with Gasteiger partial charge in [-0.1, -0.05) is 48.5 Å². The minimum atomic E-state index is -1.57. The third kappa shape index (κ3) is 6.27. The lowest BCUT2D eigenvalue weighted by molar-refractivity contribution is -0.130. The number of hydrogen-bond acceptors (Lipinski definition) is 6. The van der Waals surface area contributed by atoms with E-state index >= 15 is 0 Å². The Bertz CT molecular complexity index is 1530. The number of nitrogens with one attached hydrogen (secondary N) is 3. The number of benzene rings is 3. The highest BCUT2D eigenvalue weighted by atomic mass is 16.5. The number of para-hydroxylation sites is 1. The van der Waals surface area contributed by atoms with Gasteiger partial charge in [-0.2, -0.15) is 0 Å². The molecule has 0 unspecified atom stereocenters. The largest absolute Gasteiger partial charge is 0.493 e. The first-order chi connectivity index (χ1) is 18.8. The highest BCUT2D eigenvalue weighted by Crippen LogP contribution is 2.27. The quantitative estimate of drug-likeness (QED) is 0.250. The summed E-state index contributed by atoms with van der Waals surface area (Å²) < 4.78 is 10.5. The second kappa shape index (κ2) is 12.3. The minimum absolute atomic E-state index is 0.0784. The third-order valence-corrected chi connectivity index (χ3v) is 6.55. The van der Waals surface area contributed by atoms with Crippen molar-refractivity contribution in [3.63, 3.8) is 0 Å². The van der Waals surface area contributed by atoms with Gasteiger partial charge in [0.25, 0.3) is 11.8 Å². The van der Waals surface area contributed by atoms with Crippen LogP contribution in [0.2, 0.25) is 0 Å². The van der Waals surface area contributed by atoms with Crippen molar-refractivity contribution in [2.24, 2.45) is 0 Å². The van der Waals surface area contributed by atoms with Crippen LogP contribution in [0.25, 0.3) is 10.9 Å². The number of aromatic nitrogens is 1. The number of amides is 2. The summed E-state index contributed by atoms with van der Waals surface area (Å²) in [6, 6.07) is 20.4. The van der Waals surface area contributed by atoms with E-state index in [1.165, 1.54) is 14.2 Å². The summed E-state index contributed by atoms with van der Waals surface area (Å²) in [5.74, 6) is -0.184. The zero-order valence-electron chi connectivity index (χ0n) is 22.0. The number of pyridine rings is 1. The molecule has 1 heterocycles. The van der Waals surface area contributed by atoms with Crippen LogP contribution in [0.3, 0.4) is 0 Å². The number of fused-ring (bicyclic) bond motifs is 1. The van der Waals surface area contributed by atoms with Gasteiger partial charge >= 0.3 is 0 Å². The van der Waals surface area contributed by atoms with E-state index in [2.05, 4.69) is 15.6 Å². The lowest BCUT2D eigenvalue weighted by Crippen LogP contribution is -2.52. The zero-order chi connectivity index (χ0) is 27.9. The first-order valence-electron chi connectivity index (χ1n) is 12.5. The van der Waals surface area contributed by atoms with Crippen molar-refractivity contribution in [3.05, 3.63) is 105 Å². The number of carbonyl (C=O) groups is 2. The number of ether oxygens (including phenoxy) is 2. The van der Waals surface area contributed by atoms with Crippen molar-refractivity contribution < 1.29 is 24.2 Å². The van der Waals surface area contributed by atoms with Crippen LogP contribution in [0, 0.1) is 6.92 Å². The molecule has 0 fully saturated rings. The number of methoxy groups -OCH3 is 2. The number of aromatic amines is 1. The molecule has 9 nitrogen and oxygen atoms in total. The van der Waals surface area contributed by atoms with Crippen LogP contribution in [0.15, 0.2) is 77.6 Å². The lowest BCUT2D eigenvalue weighted by Gasteiger charge is -2.24. The molecule has 0 saturated heterocycles. The molecule has 0 aliphatic rings. The molecule has 0 spiro atoms. The topological polar surface area (TPSA) is 130 Å². The van der Waals surface area contributed by atoms with Crippen molar-refractivity contribution in [2.45, 2.75) is 32.0 Å². The zero-order valence-corrected chi connectivity index (χ0v) is 22.0. The van der Waals surface area contributed by atoms with Crippen LogP contribution in [-0.4, -0.2) is 48.3 Å². The van der Waals surface area contributed by atoms with Gasteiger partial charge < -0.3 is 30.2 Å². The van der Waals surface area contributed by atoms with E-state index in [4.69, 9.17) is 9.47 Å². The van der Waals surface area contributed by atoms with Gasteiger partial charge in [0.15, 0.2) is 23.0 Å². The average Bonchev–Trinajstić information content (AvgIpc) is 2.97. The van der Waals surface area contributed by atoms with E-state index in [1.54, 1.807) is 49.4 Å². The number of aliphatic hydroxyl groups is 1. The molecule has 1 aromatic heterocycles. The molecule has 2 atom stereocenters. The molecule has 9 heteroatoms. The van der Waals surface area contributed by atoms with Gasteiger partial charge in [-0.3, -0.25) is 14.4 Å². The normalized spacial score (nSPS) is 12.4. The monoisotopic (exact) mass is 529 g/mol. The van der Waals surface area contributed by atoms with Crippen LogP contribution in [0.1, 0.15) is 27.2 Å². The van der Waals surface area contributed by atoms with Gasteiger partial charge in [0.2, 0.25) is 0 Å². The Balaban J connectivity index is 1.55. The van der Waals surface area contributed by atoms with E-state index in [0.29, 0.717) is 22.4 Å². The highest BCUT2D eigenvalue weighted by molar-refractivity contribution is 5.97. The molecule has 0 radical (unpaired) electrons. The SMILES string of the molecule is COc1ccc(CNC(=O)[C@H](O)[C@H](Cc2ccccc2)NC(=O)c2[nH]c3ccccc3c(=O)c2C)cc1OC. The first-order valence-corrected chi connectivity index (χ1v) is 12.5. The van der Waals surface area contributed by atoms with Gasteiger partial charge in [0, 0.05) is 23.0 Å². The number of H-pyrrole nitrogens is 1. The first kappa shape index (κ1) is 27.4. The molecule has 3 aromatic carbocycles. The van der Waals surface area contributed by atoms with Crippen LogP contribution in [-0.2, 0) is 17.8 Å². The van der Waals surface area contributed by atoms with Crippen LogP contribution in [0.5, 0.6) is 11.5 Å². The summed E-state index contributed by atoms with van der Waals surface area (Å²) in [5.41, 5.74) is 2.14. The molecule has 0 saturated carbocycles. The minimum Gasteiger partial charge on any atom is -0.493 e. The van der Waals surface area contributed by atoms with Crippen molar-refractivity contribution in [3.8, 4) is 11.5 Å². The molecule has 4 aromatic rings. The predicted octanol–water partition coefficient (Wildman–Crippen LogP) is 2.87. The smallest absolute Gasteiger partial charge is 0.268 e. The Hall–Kier alpha value is -4.63. The molecule has 4 rings (SSSR count). The summed E-state index contributed by atoms with van der Waals surface area (Å²) in [6.45, 7) is 1.69. The van der Waals surface area contributed by atoms with E-state index in [1.807, 2.05) is 30.3 Å². The molecule has 2 amide bonds. The number of carbonyl (C=O) groups excluding carboxylic acids is 2. The maximum atomic E-state index is 13.3. The Morgan fingerprint density at radius 3 is 2.33 bits per heavy atom. The van der Waals surface area contributed by atoms with Crippen LogP contribution in [0.4, 0.5) is 0 Å². The second-order valence-corrected chi connectivity index (χ2v) is 9.12. The Morgan fingerprint density at radius 2 is 1.62 bits per heavy atom. The average molecular weight is 530 g/mol. The summed E-state index contributed by atoms with van der Waals surface area (Å²) in [5, 5.41) is 17.0. The second-order valence-electron chi connectivity index (χ2n) is 9.12. The molecule has 202 valence electrons. The van der Waals surface area contributed by atoms with Gasteiger partial charge in [-0.05, 0) is 48.7 Å². The number of hydrogen-bond donors (Lipinski definition) is 4. The van der Waals surface area contributed by atoms with Crippen molar-refractivity contribution in [1.29, 1.82) is 0 Å². The van der Waals surface area contributed by atoms with Gasteiger partial charge in [0.1, 0.15) is 5.69 Å². The lowest BCUT2D eigenvalue weighted by atomic mass is 9.99. The van der Waals surface area contributed by atoms with Gasteiger partial charge in [0.05, 0.1) is 20.3 Å². The van der Waals surface area contributed by atoms with Crippen LogP contribution >= 0.6 is 0 Å². The molecule has 0 aliphatic heterocycles. The Morgan fingerprint density at radius 1 is 0.923 bits per heavy atom. The van der Waals surface area contributed by atoms with E-state index < -0.39 is 24.0 Å². The molecule has 4 N–H and O–H groups in total. The summed E-state index contributed by atoms with van der Waals surface area (Å²) in [6.07, 6.45) is -1.38. The van der Waals surface area contributed by atoms with E-state index in [-0.39, 0.29) is 29.7 Å². The third-order valence-electron chi connectivity index (χ3n) is 6.55. The fraction of sp³-hybridized carbons (Fsp3) is 0.233. The molecular weight excluding hydrogens is 498 g/mol. The Kier molecular flexibility index (Phi) is 8.63. The van der Waals surface area contributed by atoms with E-state index in [0.717, 1.165) is 11.1 Å². The Labute approximate surface area is 225 Å². The van der Waals surface area contributed by atoms with Gasteiger partial charge in [-0.15, -0.1) is 0 Å². The molecule has 39 heavy (non-hydrogen) atoms. The van der Waals surface area contributed by atoms with E-state index in [9.17, 15) is 19.5 Å². The number of rotatable bonds is 10. The highest BCUT2D eigenvalue weighted by Gasteiger charge is 2.29. The summed E-state index contributed by atoms with van der Waals surface area (Å²) in [7, 11) is 3.05. The fourth-order valence-electron chi connectivity index (χ4n) is 4.38. The summed E-state index contributed by atoms with van der Waals surface area (Å²) in [4.78, 5) is 42.2. The van der Waals surface area contributed by atoms with Crippen molar-refractivity contribution in [2.75, 3.05) is 14.2 Å². The number of aliphatic hydroxyl groups excluding tert-OH is 1. The van der Waals surface area contributed by atoms with Crippen molar-refractivity contribution >= 4 is 22.7 Å². The molecule has 0 aliphatic carbocycles. The maximum Gasteiger partial charge on any atom is 0.268 e. The molecular formula is C30H31N3O6. The van der Waals surface area contributed by atoms with Gasteiger partial charge in [-0.25, -0.2) is 0 Å². The van der Waals surface area contributed by atoms with Crippen LogP contribution < -0.4 is 25.5 Å². The standard InChI is InChI=1S/C30H31N3O6/c1-18-26(32-22-12-8-7-11-21(22)27(18)34)29(36)33-23(15-19-9-5-4-6-10-19)28(35)30(37)31-17-20-13-14-24(38-2)25(16-20)39-3/h4-14,16,23,28,35H,15,17H2,1-3H3,(H,31,37)(H,32,34)(H,33,36)/t23-,28+/m0/s1. The fourth-order valence-corrected chi connectivity index (χ4v) is 4.38.